The summed E-state index contributed by atoms with van der Waals surface area (Å²) in [6.45, 7) is 6.43. The molecule has 1 N–H and O–H groups in total. The van der Waals surface area contributed by atoms with Gasteiger partial charge in [0.05, 0.1) is 11.6 Å². The van der Waals surface area contributed by atoms with Crippen molar-refractivity contribution in [3.8, 4) is 11.5 Å². The number of anilines is 1. The fourth-order valence-electron chi connectivity index (χ4n) is 4.85. The SMILES string of the molecule is CC(C)(C)c1ccc(C2C(C(=O)c3cc4ccccc4o3)=C(O)C(=O)N2c2ccc3c(c2)OCO3)cc1. The molecule has 3 heterocycles. The summed E-state index contributed by atoms with van der Waals surface area (Å²) in [5, 5.41) is 11.8. The van der Waals surface area contributed by atoms with Gasteiger partial charge in [0.15, 0.2) is 23.0 Å². The Morgan fingerprint density at radius 2 is 1.68 bits per heavy atom. The number of Topliss-reactive ketones (excluding diaryl/α,β-unsaturated/α-hetero) is 1. The number of amides is 1. The van der Waals surface area contributed by atoms with Crippen molar-refractivity contribution in [3.05, 3.63) is 101 Å². The number of para-hydroxylation sites is 1. The zero-order valence-corrected chi connectivity index (χ0v) is 20.6. The van der Waals surface area contributed by atoms with Crippen LogP contribution in [0.25, 0.3) is 11.0 Å². The van der Waals surface area contributed by atoms with Crippen LogP contribution < -0.4 is 14.4 Å². The summed E-state index contributed by atoms with van der Waals surface area (Å²) in [7, 11) is 0. The van der Waals surface area contributed by atoms with Crippen molar-refractivity contribution in [2.45, 2.75) is 32.2 Å². The molecular formula is C30H25NO6. The number of carbonyl (C=O) groups excluding carboxylic acids is 2. The van der Waals surface area contributed by atoms with Gasteiger partial charge in [-0.05, 0) is 40.8 Å². The largest absolute Gasteiger partial charge is 0.503 e. The highest BCUT2D eigenvalue weighted by molar-refractivity contribution is 6.20. The topological polar surface area (TPSA) is 89.2 Å². The van der Waals surface area contributed by atoms with E-state index in [1.54, 1.807) is 30.3 Å². The Labute approximate surface area is 213 Å². The number of hydrogen-bond acceptors (Lipinski definition) is 6. The van der Waals surface area contributed by atoms with Crippen LogP contribution in [0.4, 0.5) is 5.69 Å². The van der Waals surface area contributed by atoms with Crippen LogP contribution in [0.5, 0.6) is 11.5 Å². The second-order valence-electron chi connectivity index (χ2n) is 10.2. The molecule has 0 saturated carbocycles. The van der Waals surface area contributed by atoms with E-state index < -0.39 is 23.5 Å². The maximum atomic E-state index is 13.8. The van der Waals surface area contributed by atoms with E-state index in [0.29, 0.717) is 28.3 Å². The van der Waals surface area contributed by atoms with Gasteiger partial charge < -0.3 is 19.0 Å². The highest BCUT2D eigenvalue weighted by Crippen LogP contribution is 2.45. The molecule has 0 fully saturated rings. The number of fused-ring (bicyclic) bond motifs is 2. The molecular weight excluding hydrogens is 470 g/mol. The standard InChI is InChI=1S/C30H25NO6/c1-30(2,3)19-10-8-17(9-11-19)26-25(27(32)24-14-18-6-4-5-7-21(18)37-24)28(33)29(34)31(26)20-12-13-22-23(15-20)36-16-35-22/h4-15,26,33H,16H2,1-3H3. The highest BCUT2D eigenvalue weighted by Gasteiger charge is 2.45. The lowest BCUT2D eigenvalue weighted by atomic mass is 9.85. The highest BCUT2D eigenvalue weighted by atomic mass is 16.7. The number of ketones is 1. The lowest BCUT2D eigenvalue weighted by Crippen LogP contribution is -2.31. The van der Waals surface area contributed by atoms with E-state index in [0.717, 1.165) is 10.9 Å². The minimum atomic E-state index is -0.873. The molecule has 4 aromatic rings. The Hall–Kier alpha value is -4.52. The predicted molar refractivity (Wildman–Crippen MR) is 138 cm³/mol. The quantitative estimate of drug-likeness (QED) is 0.337. The zero-order valence-electron chi connectivity index (χ0n) is 20.6. The lowest BCUT2D eigenvalue weighted by Gasteiger charge is -2.28. The molecule has 1 atom stereocenters. The predicted octanol–water partition coefficient (Wildman–Crippen LogP) is 6.24. The number of benzene rings is 3. The first-order chi connectivity index (χ1) is 17.7. The Bertz CT molecular complexity index is 1560. The van der Waals surface area contributed by atoms with Crippen LogP contribution in [0.2, 0.25) is 0 Å². The van der Waals surface area contributed by atoms with Gasteiger partial charge in [0.1, 0.15) is 5.58 Å². The third-order valence-electron chi connectivity index (χ3n) is 6.83. The Morgan fingerprint density at radius 1 is 0.946 bits per heavy atom. The Kier molecular flexibility index (Phi) is 5.12. The Morgan fingerprint density at radius 3 is 2.41 bits per heavy atom. The molecule has 7 nitrogen and oxygen atoms in total. The van der Waals surface area contributed by atoms with Gasteiger partial charge in [-0.1, -0.05) is 63.2 Å². The van der Waals surface area contributed by atoms with Crippen molar-refractivity contribution in [2.24, 2.45) is 0 Å². The van der Waals surface area contributed by atoms with Gasteiger partial charge in [-0.15, -0.1) is 0 Å². The van der Waals surface area contributed by atoms with E-state index in [2.05, 4.69) is 20.8 Å². The van der Waals surface area contributed by atoms with Crippen molar-refractivity contribution >= 4 is 28.3 Å². The fourth-order valence-corrected chi connectivity index (χ4v) is 4.85. The molecule has 1 unspecified atom stereocenters. The molecule has 3 aromatic carbocycles. The average Bonchev–Trinajstić information content (AvgIpc) is 3.59. The van der Waals surface area contributed by atoms with Crippen molar-refractivity contribution in [3.63, 3.8) is 0 Å². The number of aliphatic hydroxyl groups is 1. The van der Waals surface area contributed by atoms with Gasteiger partial charge in [-0.2, -0.15) is 0 Å². The van der Waals surface area contributed by atoms with Crippen LogP contribution in [0.15, 0.2) is 88.5 Å². The molecule has 0 aliphatic carbocycles. The van der Waals surface area contributed by atoms with Gasteiger partial charge >= 0.3 is 0 Å². The maximum absolute atomic E-state index is 13.8. The zero-order chi connectivity index (χ0) is 25.9. The van der Waals surface area contributed by atoms with E-state index in [4.69, 9.17) is 13.9 Å². The minimum absolute atomic E-state index is 0.0368. The fraction of sp³-hybridized carbons (Fsp3) is 0.200. The normalized spacial score (nSPS) is 17.2. The summed E-state index contributed by atoms with van der Waals surface area (Å²) in [5.74, 6) is -0.716. The van der Waals surface area contributed by atoms with Gasteiger partial charge in [0.2, 0.25) is 12.6 Å². The van der Waals surface area contributed by atoms with E-state index in [1.165, 1.54) is 4.90 Å². The van der Waals surface area contributed by atoms with Crippen LogP contribution in [0.3, 0.4) is 0 Å². The van der Waals surface area contributed by atoms with Crippen molar-refractivity contribution in [1.29, 1.82) is 0 Å². The molecule has 7 heteroatoms. The monoisotopic (exact) mass is 495 g/mol. The lowest BCUT2D eigenvalue weighted by molar-refractivity contribution is -0.117. The first-order valence-electron chi connectivity index (χ1n) is 12.0. The van der Waals surface area contributed by atoms with Crippen LogP contribution >= 0.6 is 0 Å². The van der Waals surface area contributed by atoms with Crippen molar-refractivity contribution < 1.29 is 28.6 Å². The van der Waals surface area contributed by atoms with E-state index in [9.17, 15) is 14.7 Å². The van der Waals surface area contributed by atoms with E-state index in [1.807, 2.05) is 42.5 Å². The van der Waals surface area contributed by atoms with Gasteiger partial charge in [0, 0.05) is 17.1 Å². The average molecular weight is 496 g/mol. The van der Waals surface area contributed by atoms with Gasteiger partial charge in [-0.25, -0.2) is 0 Å². The van der Waals surface area contributed by atoms with Crippen LogP contribution in [-0.4, -0.2) is 23.6 Å². The van der Waals surface area contributed by atoms with Crippen LogP contribution in [0, 0.1) is 0 Å². The summed E-state index contributed by atoms with van der Waals surface area (Å²) in [4.78, 5) is 28.7. The third-order valence-corrected chi connectivity index (χ3v) is 6.83. The van der Waals surface area contributed by atoms with Gasteiger partial charge in [0.25, 0.3) is 5.91 Å². The van der Waals surface area contributed by atoms with Gasteiger partial charge in [-0.3, -0.25) is 14.5 Å². The number of ether oxygens (including phenoxy) is 2. The minimum Gasteiger partial charge on any atom is -0.503 e. The molecule has 2 aliphatic rings. The second kappa shape index (κ2) is 8.27. The smallest absolute Gasteiger partial charge is 0.294 e. The number of aliphatic hydroxyl groups excluding tert-OH is 1. The summed E-state index contributed by atoms with van der Waals surface area (Å²) in [5.41, 5.74) is 2.69. The van der Waals surface area contributed by atoms with Crippen molar-refractivity contribution in [2.75, 3.05) is 11.7 Å². The molecule has 0 saturated heterocycles. The molecule has 1 aromatic heterocycles. The number of carbonyl (C=O) groups is 2. The van der Waals surface area contributed by atoms with E-state index >= 15 is 0 Å². The molecule has 0 bridgehead atoms. The summed E-state index contributed by atoms with van der Waals surface area (Å²) >= 11 is 0. The number of furan rings is 1. The number of nitrogens with zero attached hydrogens (tertiary/aromatic N) is 1. The van der Waals surface area contributed by atoms with Crippen LogP contribution in [-0.2, 0) is 10.2 Å². The van der Waals surface area contributed by atoms with Crippen LogP contribution in [0.1, 0.15) is 48.5 Å². The summed E-state index contributed by atoms with van der Waals surface area (Å²) < 4.78 is 16.7. The first kappa shape index (κ1) is 22.9. The van der Waals surface area contributed by atoms with Crippen molar-refractivity contribution in [1.82, 2.24) is 0 Å². The molecule has 0 radical (unpaired) electrons. The Balaban J connectivity index is 1.49. The molecule has 2 aliphatic heterocycles. The third kappa shape index (κ3) is 3.74. The molecule has 0 spiro atoms. The summed E-state index contributed by atoms with van der Waals surface area (Å²) in [6, 6.07) is 20.9. The summed E-state index contributed by atoms with van der Waals surface area (Å²) in [6.07, 6.45) is 0. The molecule has 37 heavy (non-hydrogen) atoms. The number of rotatable bonds is 4. The number of hydrogen-bond donors (Lipinski definition) is 1. The molecule has 1 amide bonds. The molecule has 6 rings (SSSR count). The van der Waals surface area contributed by atoms with E-state index in [-0.39, 0.29) is 23.5 Å². The molecule has 186 valence electrons. The first-order valence-corrected chi connectivity index (χ1v) is 12.0. The second-order valence-corrected chi connectivity index (χ2v) is 10.2. The maximum Gasteiger partial charge on any atom is 0.294 e.